The molecule has 9 nitrogen and oxygen atoms in total. The monoisotopic (exact) mass is 606 g/mol. The van der Waals surface area contributed by atoms with Gasteiger partial charge in [-0.25, -0.2) is 5.26 Å². The smallest absolute Gasteiger partial charge is 0.282 e. The molecule has 0 amide bonds. The van der Waals surface area contributed by atoms with E-state index in [9.17, 15) is 25.9 Å². The minimum absolute atomic E-state index is 0.202. The maximum Gasteiger partial charge on any atom is 0.294 e. The van der Waals surface area contributed by atoms with Gasteiger partial charge in [0.2, 0.25) is 0 Å². The van der Waals surface area contributed by atoms with E-state index in [-0.39, 0.29) is 15.2 Å². The second kappa shape index (κ2) is 10.2. The zero-order chi connectivity index (χ0) is 28.2. The lowest BCUT2D eigenvalue weighted by molar-refractivity contribution is -0.432. The summed E-state index contributed by atoms with van der Waals surface area (Å²) in [7, 11) is -9.62. The largest absolute Gasteiger partial charge is 0.294 e. The molecule has 39 heavy (non-hydrogen) atoms. The molecule has 0 aliphatic carbocycles. The van der Waals surface area contributed by atoms with Gasteiger partial charge in [0.1, 0.15) is 0 Å². The number of fused-ring (bicyclic) bond motifs is 2. The van der Waals surface area contributed by atoms with Gasteiger partial charge in [-0.3, -0.25) is 9.11 Å². The molecular formula is C26H23O9PS3. The molecule has 3 N–H and O–H groups in total. The van der Waals surface area contributed by atoms with Crippen molar-refractivity contribution in [2.24, 2.45) is 5.41 Å². The summed E-state index contributed by atoms with van der Waals surface area (Å²) in [6, 6.07) is 19.8. The van der Waals surface area contributed by atoms with Crippen LogP contribution >= 0.6 is 20.0 Å². The molecular weight excluding hydrogens is 583 g/mol. The van der Waals surface area contributed by atoms with Gasteiger partial charge in [0.25, 0.3) is 20.2 Å². The van der Waals surface area contributed by atoms with Gasteiger partial charge in [0.15, 0.2) is 0 Å². The third kappa shape index (κ3) is 5.13. The van der Waals surface area contributed by atoms with Crippen molar-refractivity contribution >= 4 is 56.4 Å². The molecule has 2 heterocycles. The van der Waals surface area contributed by atoms with Gasteiger partial charge in [0, 0.05) is 10.3 Å². The molecule has 2 aliphatic heterocycles. The molecule has 2 atom stereocenters. The summed E-state index contributed by atoms with van der Waals surface area (Å²) < 4.78 is 70.0. The van der Waals surface area contributed by atoms with Gasteiger partial charge in [-0.2, -0.15) is 16.8 Å². The zero-order valence-electron chi connectivity index (χ0n) is 20.6. The summed E-state index contributed by atoms with van der Waals surface area (Å²) in [6.45, 7) is 4.24. The summed E-state index contributed by atoms with van der Waals surface area (Å²) in [5, 5.41) is 14.3. The second-order valence-corrected chi connectivity index (χ2v) is 15.0. The van der Waals surface area contributed by atoms with Gasteiger partial charge in [-0.15, -0.1) is 4.33 Å². The van der Waals surface area contributed by atoms with Crippen molar-refractivity contribution in [2.45, 2.75) is 28.5 Å². The molecule has 0 spiro atoms. The van der Waals surface area contributed by atoms with E-state index in [0.717, 1.165) is 50.7 Å². The van der Waals surface area contributed by atoms with Crippen LogP contribution in [0.25, 0.3) is 16.2 Å². The summed E-state index contributed by atoms with van der Waals surface area (Å²) in [5.41, 5.74) is 4.42. The molecule has 0 aromatic heterocycles. The van der Waals surface area contributed by atoms with Crippen LogP contribution in [0, 0.1) is 5.41 Å². The van der Waals surface area contributed by atoms with Crippen LogP contribution in [0.1, 0.15) is 30.5 Å². The first-order chi connectivity index (χ1) is 18.3. The zero-order valence-corrected chi connectivity index (χ0v) is 23.9. The molecule has 0 radical (unpaired) electrons. The molecule has 0 saturated carbocycles. The third-order valence-corrected chi connectivity index (χ3v) is 12.6. The Morgan fingerprint density at radius 2 is 1.23 bits per heavy atom. The van der Waals surface area contributed by atoms with Gasteiger partial charge in [0.05, 0.1) is 21.8 Å². The first-order valence-corrected chi connectivity index (χ1v) is 16.6. The Morgan fingerprint density at radius 1 is 0.769 bits per heavy atom. The lowest BCUT2D eigenvalue weighted by Crippen LogP contribution is -2.18. The number of hydrogen-bond acceptors (Lipinski definition) is 8. The minimum atomic E-state index is -4.36. The number of benzene rings is 3. The Hall–Kier alpha value is -2.38. The molecule has 2 bridgehead atoms. The highest BCUT2D eigenvalue weighted by Gasteiger charge is 2.52. The topological polar surface area (TPSA) is 147 Å². The second-order valence-electron chi connectivity index (χ2n) is 9.36. The van der Waals surface area contributed by atoms with E-state index in [1.54, 1.807) is 24.3 Å². The van der Waals surface area contributed by atoms with Crippen LogP contribution in [0.3, 0.4) is 0 Å². The maximum absolute atomic E-state index is 11.7. The highest BCUT2D eigenvalue weighted by Crippen LogP contribution is 2.80. The molecule has 204 valence electrons. The molecule has 0 saturated heterocycles. The average Bonchev–Trinajstić information content (AvgIpc) is 3.34. The molecule has 2 aliphatic rings. The molecule has 5 rings (SSSR count). The van der Waals surface area contributed by atoms with E-state index in [1.807, 2.05) is 24.3 Å². The molecule has 3 aromatic rings. The van der Waals surface area contributed by atoms with E-state index >= 15 is 0 Å². The van der Waals surface area contributed by atoms with E-state index in [1.165, 1.54) is 35.2 Å². The highest BCUT2D eigenvalue weighted by atomic mass is 32.2. The fourth-order valence-corrected chi connectivity index (χ4v) is 10.4. The first kappa shape index (κ1) is 28.2. The van der Waals surface area contributed by atoms with Gasteiger partial charge in [-0.05, 0) is 90.3 Å². The van der Waals surface area contributed by atoms with E-state index in [4.69, 9.17) is 5.26 Å². The summed E-state index contributed by atoms with van der Waals surface area (Å²) in [4.78, 5) is 0.318. The van der Waals surface area contributed by atoms with Crippen LogP contribution in [0.4, 0.5) is 0 Å². The maximum atomic E-state index is 11.7. The third-order valence-electron chi connectivity index (χ3n) is 7.14. The van der Waals surface area contributed by atoms with Crippen LogP contribution in [0.15, 0.2) is 93.1 Å². The Bertz CT molecular complexity index is 1710. The number of hydrogen-bond donors (Lipinski definition) is 3. The molecule has 0 fully saturated rings. The minimum Gasteiger partial charge on any atom is -0.282 e. The van der Waals surface area contributed by atoms with Gasteiger partial charge in [-0.1, -0.05) is 53.9 Å². The van der Waals surface area contributed by atoms with Crippen molar-refractivity contribution in [3.8, 4) is 0 Å². The van der Waals surface area contributed by atoms with Crippen LogP contribution in [-0.4, -0.2) is 37.4 Å². The Morgan fingerprint density at radius 3 is 1.72 bits per heavy atom. The van der Waals surface area contributed by atoms with Crippen molar-refractivity contribution in [3.63, 3.8) is 0 Å². The standard InChI is InChI=1S/C26H23O9PS3/c1-16-24(18-3-9-20(10-4-18)37-35-34-27)36-15-26(16,2)23(17-5-11-21(12-6-17)38(28,29)30)25(36)19-7-13-22(14-8-19)39(31,32)33/h3-14,27H,15H2,1-2H3,(H,28,29,30)(H,31,32,33). The number of allylic oxidation sites excluding steroid dienone is 2. The van der Waals surface area contributed by atoms with Crippen molar-refractivity contribution in [3.05, 3.63) is 95.1 Å². The fraction of sp³-hybridized carbons (Fsp3) is 0.154. The predicted octanol–water partition coefficient (Wildman–Crippen LogP) is 6.42. The van der Waals surface area contributed by atoms with Gasteiger partial charge >= 0.3 is 0 Å². The normalized spacial score (nSPS) is 21.2. The van der Waals surface area contributed by atoms with Crippen molar-refractivity contribution in [2.75, 3.05) is 6.16 Å². The SMILES string of the molecule is CC1=C(c2ccc(SOOO)cc2)P2CC1(C)C(c1ccc(S(=O)(=O)O)cc1)=C2c1ccc(S(=O)(=O)O)cc1. The predicted molar refractivity (Wildman–Crippen MR) is 149 cm³/mol. The molecule has 2 unspecified atom stereocenters. The average molecular weight is 607 g/mol. The van der Waals surface area contributed by atoms with Crippen LogP contribution in [0.2, 0.25) is 0 Å². The van der Waals surface area contributed by atoms with E-state index in [0.29, 0.717) is 0 Å². The van der Waals surface area contributed by atoms with Crippen molar-refractivity contribution < 1.29 is 40.6 Å². The summed E-state index contributed by atoms with van der Waals surface area (Å²) in [6.07, 6.45) is 0.812. The van der Waals surface area contributed by atoms with Crippen LogP contribution < -0.4 is 0 Å². The van der Waals surface area contributed by atoms with Crippen molar-refractivity contribution in [1.82, 2.24) is 0 Å². The number of rotatable bonds is 8. The van der Waals surface area contributed by atoms with E-state index < -0.39 is 28.2 Å². The lowest BCUT2D eigenvalue weighted by Gasteiger charge is -2.31. The molecule has 13 heteroatoms. The van der Waals surface area contributed by atoms with Crippen LogP contribution in [-0.2, 0) is 29.6 Å². The van der Waals surface area contributed by atoms with Crippen LogP contribution in [0.5, 0.6) is 0 Å². The van der Waals surface area contributed by atoms with Crippen molar-refractivity contribution in [1.29, 1.82) is 0 Å². The summed E-state index contributed by atoms with van der Waals surface area (Å²) in [5.74, 6) is 0. The van der Waals surface area contributed by atoms with Gasteiger partial charge < -0.3 is 0 Å². The Labute approximate surface area is 231 Å². The quantitative estimate of drug-likeness (QED) is 0.0862. The Balaban J connectivity index is 1.66. The van der Waals surface area contributed by atoms with E-state index in [2.05, 4.69) is 23.2 Å². The Kier molecular flexibility index (Phi) is 7.38. The highest BCUT2D eigenvalue weighted by molar-refractivity contribution is 7.94. The fourth-order valence-electron chi connectivity index (χ4n) is 5.26. The first-order valence-electron chi connectivity index (χ1n) is 11.5. The summed E-state index contributed by atoms with van der Waals surface area (Å²) >= 11 is 0.866. The molecule has 3 aromatic carbocycles. The lowest BCUT2D eigenvalue weighted by atomic mass is 9.73.